The van der Waals surface area contributed by atoms with Crippen LogP contribution in [0.4, 0.5) is 5.82 Å². The lowest BCUT2D eigenvalue weighted by Crippen LogP contribution is -2.47. The van der Waals surface area contributed by atoms with Crippen molar-refractivity contribution in [3.63, 3.8) is 0 Å². The maximum absolute atomic E-state index is 9.37. The van der Waals surface area contributed by atoms with Crippen molar-refractivity contribution in [2.75, 3.05) is 44.2 Å². The van der Waals surface area contributed by atoms with E-state index in [9.17, 15) is 5.11 Å². The highest BCUT2D eigenvalue weighted by Gasteiger charge is 2.25. The van der Waals surface area contributed by atoms with Gasteiger partial charge in [0.2, 0.25) is 0 Å². The van der Waals surface area contributed by atoms with E-state index < -0.39 is 0 Å². The first-order valence-corrected chi connectivity index (χ1v) is 12.3. The highest BCUT2D eigenvalue weighted by Crippen LogP contribution is 2.37. The van der Waals surface area contributed by atoms with Crippen molar-refractivity contribution in [3.05, 3.63) is 91.3 Å². The van der Waals surface area contributed by atoms with Crippen molar-refractivity contribution < 1.29 is 5.11 Å². The maximum Gasteiger partial charge on any atom is 0.166 e. The summed E-state index contributed by atoms with van der Waals surface area (Å²) in [6, 6.07) is 26.8. The Bertz CT molecular complexity index is 1450. The molecule has 180 valence electrons. The molecule has 0 amide bonds. The fourth-order valence-corrected chi connectivity index (χ4v) is 4.90. The third-order valence-electron chi connectivity index (χ3n) is 6.75. The Morgan fingerprint density at radius 1 is 0.778 bits per heavy atom. The quantitative estimate of drug-likeness (QED) is 0.395. The number of nitrogens with zero attached hydrogens (tertiary/aromatic N) is 6. The summed E-state index contributed by atoms with van der Waals surface area (Å²) in [4.78, 5) is 14.2. The third kappa shape index (κ3) is 4.23. The van der Waals surface area contributed by atoms with Crippen molar-refractivity contribution in [2.45, 2.75) is 0 Å². The van der Waals surface area contributed by atoms with Crippen LogP contribution in [0.1, 0.15) is 0 Å². The lowest BCUT2D eigenvalue weighted by Gasteiger charge is -2.35. The number of hydrogen-bond acceptors (Lipinski definition) is 6. The molecular weight excluding hydrogens is 448 g/mol. The number of aromatic nitrogens is 4. The number of pyridine rings is 1. The van der Waals surface area contributed by atoms with E-state index in [1.54, 1.807) is 6.20 Å². The second-order valence-corrected chi connectivity index (χ2v) is 8.98. The van der Waals surface area contributed by atoms with E-state index in [0.717, 1.165) is 71.3 Å². The summed E-state index contributed by atoms with van der Waals surface area (Å²) in [6.07, 6.45) is 3.64. The van der Waals surface area contributed by atoms with Crippen molar-refractivity contribution in [1.82, 2.24) is 24.5 Å². The summed E-state index contributed by atoms with van der Waals surface area (Å²) in [7, 11) is 0. The fourth-order valence-electron chi connectivity index (χ4n) is 4.90. The maximum atomic E-state index is 9.37. The summed E-state index contributed by atoms with van der Waals surface area (Å²) in [5.41, 5.74) is 6.72. The van der Waals surface area contributed by atoms with E-state index in [0.29, 0.717) is 6.54 Å². The molecule has 1 aliphatic heterocycles. The number of benzene rings is 2. The average molecular weight is 477 g/mol. The van der Waals surface area contributed by atoms with Crippen molar-refractivity contribution in [3.8, 4) is 33.6 Å². The van der Waals surface area contributed by atoms with E-state index in [-0.39, 0.29) is 6.61 Å². The number of aliphatic hydroxyl groups is 1. The van der Waals surface area contributed by atoms with Gasteiger partial charge < -0.3 is 10.0 Å². The lowest BCUT2D eigenvalue weighted by atomic mass is 10.0. The largest absolute Gasteiger partial charge is 0.395 e. The van der Waals surface area contributed by atoms with Gasteiger partial charge in [-0.1, -0.05) is 60.7 Å². The first-order chi connectivity index (χ1) is 17.8. The summed E-state index contributed by atoms with van der Waals surface area (Å²) in [6.45, 7) is 4.40. The number of anilines is 1. The van der Waals surface area contributed by atoms with Crippen molar-refractivity contribution in [2.24, 2.45) is 0 Å². The monoisotopic (exact) mass is 476 g/mol. The number of aliphatic hydroxyl groups excluding tert-OH is 1. The Kier molecular flexibility index (Phi) is 6.15. The van der Waals surface area contributed by atoms with Crippen LogP contribution in [0.15, 0.2) is 91.3 Å². The Morgan fingerprint density at radius 3 is 2.14 bits per heavy atom. The predicted octanol–water partition coefficient (Wildman–Crippen LogP) is 4.24. The molecule has 6 rings (SSSR count). The zero-order chi connectivity index (χ0) is 24.3. The molecule has 0 radical (unpaired) electrons. The number of rotatable bonds is 6. The van der Waals surface area contributed by atoms with Crippen LogP contribution < -0.4 is 4.90 Å². The Balaban J connectivity index is 1.59. The second-order valence-electron chi connectivity index (χ2n) is 8.98. The van der Waals surface area contributed by atoms with Gasteiger partial charge >= 0.3 is 0 Å². The molecule has 3 aromatic heterocycles. The molecule has 7 heteroatoms. The third-order valence-corrected chi connectivity index (χ3v) is 6.75. The molecule has 4 heterocycles. The van der Waals surface area contributed by atoms with Gasteiger partial charge in [0.1, 0.15) is 11.5 Å². The Hall–Kier alpha value is -4.07. The molecule has 0 unspecified atom stereocenters. The number of β-amino-alcohol motifs (C(OH)–C–C–N with tert-alkyl or cyclic N) is 1. The molecule has 0 spiro atoms. The number of fused-ring (bicyclic) bond motifs is 1. The molecule has 0 bridgehead atoms. The van der Waals surface area contributed by atoms with Crippen molar-refractivity contribution >= 4 is 11.5 Å². The van der Waals surface area contributed by atoms with Crippen LogP contribution in [-0.2, 0) is 0 Å². The molecular formula is C29H28N6O. The summed E-state index contributed by atoms with van der Waals surface area (Å²) in [5, 5.41) is 14.5. The first-order valence-electron chi connectivity index (χ1n) is 12.3. The van der Waals surface area contributed by atoms with E-state index in [2.05, 4.69) is 45.1 Å². The number of piperazine rings is 1. The summed E-state index contributed by atoms with van der Waals surface area (Å²) < 4.78 is 2.00. The zero-order valence-corrected chi connectivity index (χ0v) is 20.0. The highest BCUT2D eigenvalue weighted by molar-refractivity contribution is 5.91. The molecule has 1 aliphatic rings. The fraction of sp³-hybridized carbons (Fsp3) is 0.207. The smallest absolute Gasteiger partial charge is 0.166 e. The predicted molar refractivity (Wildman–Crippen MR) is 143 cm³/mol. The zero-order valence-electron chi connectivity index (χ0n) is 20.0. The van der Waals surface area contributed by atoms with Gasteiger partial charge in [-0.3, -0.25) is 9.88 Å². The van der Waals surface area contributed by atoms with E-state index in [1.165, 1.54) is 0 Å². The van der Waals surface area contributed by atoms with Gasteiger partial charge in [0.15, 0.2) is 5.65 Å². The lowest BCUT2D eigenvalue weighted by molar-refractivity contribution is 0.188. The molecule has 0 saturated carbocycles. The molecule has 1 saturated heterocycles. The molecule has 36 heavy (non-hydrogen) atoms. The average Bonchev–Trinajstić information content (AvgIpc) is 3.34. The Labute approximate surface area is 210 Å². The molecule has 2 aromatic carbocycles. The molecule has 1 fully saturated rings. The molecule has 0 atom stereocenters. The van der Waals surface area contributed by atoms with Gasteiger partial charge in [0.05, 0.1) is 17.9 Å². The summed E-state index contributed by atoms with van der Waals surface area (Å²) in [5.74, 6) is 1.02. The topological polar surface area (TPSA) is 69.8 Å². The normalized spacial score (nSPS) is 14.4. The van der Waals surface area contributed by atoms with Crippen LogP contribution in [0.2, 0.25) is 0 Å². The van der Waals surface area contributed by atoms with Crippen LogP contribution in [0.5, 0.6) is 0 Å². The van der Waals surface area contributed by atoms with Crippen LogP contribution in [0.25, 0.3) is 39.3 Å². The molecule has 1 N–H and O–H groups in total. The van der Waals surface area contributed by atoms with E-state index in [4.69, 9.17) is 10.1 Å². The van der Waals surface area contributed by atoms with Crippen LogP contribution in [0, 0.1) is 0 Å². The first kappa shape index (κ1) is 22.4. The van der Waals surface area contributed by atoms with Crippen molar-refractivity contribution in [1.29, 1.82) is 0 Å². The minimum absolute atomic E-state index is 0.186. The summed E-state index contributed by atoms with van der Waals surface area (Å²) >= 11 is 0. The van der Waals surface area contributed by atoms with E-state index in [1.807, 2.05) is 59.2 Å². The van der Waals surface area contributed by atoms with Gasteiger partial charge in [-0.25, -0.2) is 4.98 Å². The van der Waals surface area contributed by atoms with Crippen LogP contribution in [0.3, 0.4) is 0 Å². The van der Waals surface area contributed by atoms with Gasteiger partial charge in [-0.2, -0.15) is 9.61 Å². The number of hydrogen-bond donors (Lipinski definition) is 1. The highest BCUT2D eigenvalue weighted by atomic mass is 16.3. The Morgan fingerprint density at radius 2 is 1.47 bits per heavy atom. The minimum atomic E-state index is 0.186. The van der Waals surface area contributed by atoms with Gasteiger partial charge in [-0.15, -0.1) is 0 Å². The van der Waals surface area contributed by atoms with Crippen LogP contribution >= 0.6 is 0 Å². The molecule has 0 aliphatic carbocycles. The van der Waals surface area contributed by atoms with Gasteiger partial charge in [0, 0.05) is 62.3 Å². The SMILES string of the molecule is OCCN1CCN(c2cc(-c3ccccc3)nc3c(-c4ccccc4)c(-c4cccnc4)nn23)CC1. The minimum Gasteiger partial charge on any atom is -0.395 e. The van der Waals surface area contributed by atoms with Gasteiger partial charge in [-0.05, 0) is 17.7 Å². The van der Waals surface area contributed by atoms with Crippen LogP contribution in [-0.4, -0.2) is 68.9 Å². The molecule has 7 nitrogen and oxygen atoms in total. The second kappa shape index (κ2) is 9.89. The van der Waals surface area contributed by atoms with E-state index >= 15 is 0 Å². The van der Waals surface area contributed by atoms with Gasteiger partial charge in [0.25, 0.3) is 0 Å². The standard InChI is InChI=1S/C29H28N6O/c36-19-18-33-14-16-34(17-15-33)26-20-25(22-8-3-1-4-9-22)31-29-27(23-10-5-2-6-11-23)28(32-35(26)29)24-12-7-13-30-21-24/h1-13,20-21,36H,14-19H2. The molecule has 5 aromatic rings.